The van der Waals surface area contributed by atoms with Crippen molar-refractivity contribution in [2.45, 2.75) is 19.4 Å². The van der Waals surface area contributed by atoms with Gasteiger partial charge in [0.05, 0.1) is 5.69 Å². The lowest BCUT2D eigenvalue weighted by Gasteiger charge is -2.12. The summed E-state index contributed by atoms with van der Waals surface area (Å²) in [6, 6.07) is 0.361. The van der Waals surface area contributed by atoms with Crippen LogP contribution >= 0.6 is 0 Å². The third kappa shape index (κ3) is 2.73. The zero-order chi connectivity index (χ0) is 14.9. The Labute approximate surface area is 115 Å². The first kappa shape index (κ1) is 13.9. The number of aromatic nitrogens is 1. The molecule has 1 fully saturated rings. The first-order valence-corrected chi connectivity index (χ1v) is 6.14. The van der Waals surface area contributed by atoms with Gasteiger partial charge in [0.1, 0.15) is 11.7 Å². The molecule has 1 aliphatic heterocycles. The maximum Gasteiger partial charge on any atom is 0.354 e. The van der Waals surface area contributed by atoms with Crippen LogP contribution in [-0.2, 0) is 4.79 Å². The number of H-pyrrole nitrogens is 1. The second-order valence-electron chi connectivity index (χ2n) is 4.75. The number of rotatable bonds is 3. The summed E-state index contributed by atoms with van der Waals surface area (Å²) in [5.41, 5.74) is 0.702. The number of anilines is 1. The monoisotopic (exact) mass is 280 g/mol. The van der Waals surface area contributed by atoms with E-state index in [-0.39, 0.29) is 17.3 Å². The van der Waals surface area contributed by atoms with Crippen LogP contribution in [-0.4, -0.2) is 52.5 Å². The number of carbonyl (C=O) groups is 3. The molecule has 108 valence electrons. The molecule has 20 heavy (non-hydrogen) atoms. The largest absolute Gasteiger partial charge is 0.477 e. The minimum Gasteiger partial charge on any atom is -0.477 e. The van der Waals surface area contributed by atoms with Gasteiger partial charge < -0.3 is 25.6 Å². The molecule has 8 nitrogen and oxygen atoms in total. The van der Waals surface area contributed by atoms with Gasteiger partial charge in [-0.2, -0.15) is 0 Å². The molecule has 3 amide bonds. The van der Waals surface area contributed by atoms with Crippen LogP contribution in [0.25, 0.3) is 0 Å². The number of aryl methyl sites for hydroxylation is 1. The van der Waals surface area contributed by atoms with Crippen molar-refractivity contribution >= 4 is 23.6 Å². The van der Waals surface area contributed by atoms with E-state index in [0.717, 1.165) is 0 Å². The minimum atomic E-state index is -1.16. The van der Waals surface area contributed by atoms with Crippen molar-refractivity contribution in [3.63, 3.8) is 0 Å². The molecule has 1 atom stereocenters. The first-order chi connectivity index (χ1) is 9.38. The van der Waals surface area contributed by atoms with Crippen LogP contribution < -0.4 is 10.6 Å². The highest BCUT2D eigenvalue weighted by Gasteiger charge is 2.30. The van der Waals surface area contributed by atoms with E-state index < -0.39 is 18.0 Å². The van der Waals surface area contributed by atoms with Crippen LogP contribution in [0.2, 0.25) is 0 Å². The van der Waals surface area contributed by atoms with Crippen LogP contribution in [0.5, 0.6) is 0 Å². The van der Waals surface area contributed by atoms with E-state index in [1.165, 1.54) is 11.0 Å². The maximum absolute atomic E-state index is 11.8. The van der Waals surface area contributed by atoms with E-state index in [1.807, 2.05) is 0 Å². The Balaban J connectivity index is 2.02. The molecule has 4 N–H and O–H groups in total. The van der Waals surface area contributed by atoms with Crippen molar-refractivity contribution in [3.05, 3.63) is 17.5 Å². The molecule has 0 aromatic carbocycles. The lowest BCUT2D eigenvalue weighted by molar-refractivity contribution is -0.128. The van der Waals surface area contributed by atoms with E-state index in [4.69, 9.17) is 5.11 Å². The van der Waals surface area contributed by atoms with Crippen molar-refractivity contribution in [1.29, 1.82) is 0 Å². The van der Waals surface area contributed by atoms with Crippen molar-refractivity contribution in [1.82, 2.24) is 15.2 Å². The van der Waals surface area contributed by atoms with Gasteiger partial charge >= 0.3 is 12.0 Å². The van der Waals surface area contributed by atoms with Crippen molar-refractivity contribution in [2.24, 2.45) is 0 Å². The molecule has 0 spiro atoms. The zero-order valence-corrected chi connectivity index (χ0v) is 11.2. The summed E-state index contributed by atoms with van der Waals surface area (Å²) < 4.78 is 0. The van der Waals surface area contributed by atoms with Crippen molar-refractivity contribution in [3.8, 4) is 0 Å². The number of amides is 3. The fraction of sp³-hybridized carbons (Fsp3) is 0.417. The Morgan fingerprint density at radius 3 is 2.75 bits per heavy atom. The third-order valence-electron chi connectivity index (χ3n) is 3.15. The molecule has 1 aromatic heterocycles. The standard InChI is InChI=1S/C12H16N4O4/c1-6-5-8(9(13-6)11(18)19)15-12(20)14-7-3-4-16(2)10(7)17/h5,7,13H,3-4H2,1-2H3,(H,18,19)(H2,14,15,20). The normalized spacial score (nSPS) is 18.2. The number of nitrogens with zero attached hydrogens (tertiary/aromatic N) is 1. The maximum atomic E-state index is 11.8. The molecular formula is C12H16N4O4. The molecule has 0 bridgehead atoms. The van der Waals surface area contributed by atoms with Crippen LogP contribution in [0.1, 0.15) is 22.6 Å². The first-order valence-electron chi connectivity index (χ1n) is 6.14. The molecule has 1 saturated heterocycles. The van der Waals surface area contributed by atoms with Crippen molar-refractivity contribution in [2.75, 3.05) is 18.9 Å². The lowest BCUT2D eigenvalue weighted by atomic mass is 10.2. The molecule has 0 radical (unpaired) electrons. The molecule has 1 aromatic rings. The van der Waals surface area contributed by atoms with Crippen LogP contribution in [0.15, 0.2) is 6.07 Å². The Bertz CT molecular complexity index is 566. The molecule has 0 aliphatic carbocycles. The Hall–Kier alpha value is -2.51. The number of hydrogen-bond donors (Lipinski definition) is 4. The SMILES string of the molecule is Cc1cc(NC(=O)NC2CCN(C)C2=O)c(C(=O)O)[nH]1. The molecule has 1 aliphatic rings. The highest BCUT2D eigenvalue weighted by molar-refractivity contribution is 6.00. The average Bonchev–Trinajstić information content (AvgIpc) is 2.87. The molecule has 2 rings (SSSR count). The van der Waals surface area contributed by atoms with Gasteiger partial charge in [-0.1, -0.05) is 0 Å². The van der Waals surface area contributed by atoms with Gasteiger partial charge in [0, 0.05) is 19.3 Å². The Morgan fingerprint density at radius 1 is 1.50 bits per heavy atom. The summed E-state index contributed by atoms with van der Waals surface area (Å²) in [5.74, 6) is -1.31. The van der Waals surface area contributed by atoms with Gasteiger partial charge in [0.2, 0.25) is 5.91 Å². The number of aromatic carboxylic acids is 1. The fourth-order valence-electron chi connectivity index (χ4n) is 2.13. The number of carboxylic acid groups (broad SMARTS) is 1. The quantitative estimate of drug-likeness (QED) is 0.640. The number of likely N-dealkylation sites (N-methyl/N-ethyl adjacent to an activating group) is 1. The highest BCUT2D eigenvalue weighted by atomic mass is 16.4. The molecule has 2 heterocycles. The number of carboxylic acids is 1. The number of likely N-dealkylation sites (tertiary alicyclic amines) is 1. The zero-order valence-electron chi connectivity index (χ0n) is 11.2. The lowest BCUT2D eigenvalue weighted by Crippen LogP contribution is -2.42. The predicted molar refractivity (Wildman–Crippen MR) is 70.7 cm³/mol. The number of nitrogens with one attached hydrogen (secondary N) is 3. The summed E-state index contributed by atoms with van der Waals surface area (Å²) in [7, 11) is 1.67. The molecular weight excluding hydrogens is 264 g/mol. The average molecular weight is 280 g/mol. The number of carbonyl (C=O) groups excluding carboxylic acids is 2. The van der Waals surface area contributed by atoms with Gasteiger partial charge in [0.15, 0.2) is 0 Å². The predicted octanol–water partition coefficient (Wildman–Crippen LogP) is 0.374. The van der Waals surface area contributed by atoms with Crippen molar-refractivity contribution < 1.29 is 19.5 Å². The number of urea groups is 1. The minimum absolute atomic E-state index is 0.0903. The van der Waals surface area contributed by atoms with Crippen LogP contribution in [0.3, 0.4) is 0 Å². The highest BCUT2D eigenvalue weighted by Crippen LogP contribution is 2.17. The van der Waals surface area contributed by atoms with E-state index >= 15 is 0 Å². The molecule has 1 unspecified atom stereocenters. The second-order valence-corrected chi connectivity index (χ2v) is 4.75. The van der Waals surface area contributed by atoms with E-state index in [0.29, 0.717) is 18.7 Å². The summed E-state index contributed by atoms with van der Waals surface area (Å²) >= 11 is 0. The molecule has 8 heteroatoms. The summed E-state index contributed by atoms with van der Waals surface area (Å²) in [6.07, 6.45) is 0.542. The molecule has 0 saturated carbocycles. The summed E-state index contributed by atoms with van der Waals surface area (Å²) in [5, 5.41) is 14.0. The smallest absolute Gasteiger partial charge is 0.354 e. The van der Waals surface area contributed by atoms with Crippen LogP contribution in [0.4, 0.5) is 10.5 Å². The number of hydrogen-bond acceptors (Lipinski definition) is 3. The fourth-order valence-corrected chi connectivity index (χ4v) is 2.13. The van der Waals surface area contributed by atoms with E-state index in [2.05, 4.69) is 15.6 Å². The van der Waals surface area contributed by atoms with Gasteiger partial charge in [0.25, 0.3) is 0 Å². The summed E-state index contributed by atoms with van der Waals surface area (Å²) in [6.45, 7) is 2.28. The number of aromatic amines is 1. The summed E-state index contributed by atoms with van der Waals surface area (Å²) in [4.78, 5) is 38.6. The van der Waals surface area contributed by atoms with E-state index in [1.54, 1.807) is 14.0 Å². The van der Waals surface area contributed by atoms with E-state index in [9.17, 15) is 14.4 Å². The third-order valence-corrected chi connectivity index (χ3v) is 3.15. The topological polar surface area (TPSA) is 115 Å². The Morgan fingerprint density at radius 2 is 2.20 bits per heavy atom. The van der Waals surface area contributed by atoms with Gasteiger partial charge in [-0.3, -0.25) is 4.79 Å². The van der Waals surface area contributed by atoms with Gasteiger partial charge in [-0.25, -0.2) is 9.59 Å². The van der Waals surface area contributed by atoms with Gasteiger partial charge in [-0.05, 0) is 19.4 Å². The Kier molecular flexibility index (Phi) is 3.64. The second kappa shape index (κ2) is 5.24. The van der Waals surface area contributed by atoms with Gasteiger partial charge in [-0.15, -0.1) is 0 Å². The van der Waals surface area contributed by atoms with Crippen LogP contribution in [0, 0.1) is 6.92 Å².